The van der Waals surface area contributed by atoms with Gasteiger partial charge in [-0.2, -0.15) is 0 Å². The maximum absolute atomic E-state index is 13.6. The van der Waals surface area contributed by atoms with E-state index < -0.39 is 23.1 Å². The van der Waals surface area contributed by atoms with Crippen LogP contribution in [0.5, 0.6) is 0 Å². The van der Waals surface area contributed by atoms with Gasteiger partial charge in [0.2, 0.25) is 5.95 Å². The van der Waals surface area contributed by atoms with Gasteiger partial charge in [0.05, 0.1) is 11.0 Å². The molecule has 0 aliphatic carbocycles. The number of aryl methyl sites for hydroxylation is 1. The SMILES string of the molecule is Cn1c(NC(=O)c2c(F)cccc2F)nc2ccccc21. The Hall–Kier alpha value is -2.76. The molecule has 0 unspecified atom stereocenters. The van der Waals surface area contributed by atoms with Crippen LogP contribution >= 0.6 is 0 Å². The van der Waals surface area contributed by atoms with Crippen molar-refractivity contribution in [3.05, 3.63) is 59.7 Å². The van der Waals surface area contributed by atoms with E-state index in [0.717, 1.165) is 17.6 Å². The van der Waals surface area contributed by atoms with E-state index in [1.165, 1.54) is 6.07 Å². The smallest absolute Gasteiger partial charge is 0.263 e. The third kappa shape index (κ3) is 2.24. The molecule has 0 bridgehead atoms. The summed E-state index contributed by atoms with van der Waals surface area (Å²) in [5.41, 5.74) is 0.871. The number of rotatable bonds is 2. The quantitative estimate of drug-likeness (QED) is 0.787. The van der Waals surface area contributed by atoms with Gasteiger partial charge < -0.3 is 4.57 Å². The van der Waals surface area contributed by atoms with E-state index in [1.807, 2.05) is 18.2 Å². The number of nitrogens with one attached hydrogen (secondary N) is 1. The minimum atomic E-state index is -0.911. The Bertz CT molecular complexity index is 822. The Morgan fingerprint density at radius 2 is 1.76 bits per heavy atom. The number of carbonyl (C=O) groups is 1. The summed E-state index contributed by atoms with van der Waals surface area (Å²) < 4.78 is 28.8. The minimum Gasteiger partial charge on any atom is -0.313 e. The molecule has 0 atom stereocenters. The Kier molecular flexibility index (Phi) is 3.13. The van der Waals surface area contributed by atoms with Crippen molar-refractivity contribution in [1.82, 2.24) is 9.55 Å². The van der Waals surface area contributed by atoms with Gasteiger partial charge in [-0.25, -0.2) is 13.8 Å². The van der Waals surface area contributed by atoms with Gasteiger partial charge in [-0.1, -0.05) is 18.2 Å². The van der Waals surface area contributed by atoms with Gasteiger partial charge >= 0.3 is 0 Å². The van der Waals surface area contributed by atoms with Crippen LogP contribution in [0, 0.1) is 11.6 Å². The Labute approximate surface area is 119 Å². The number of benzene rings is 2. The number of imidazole rings is 1. The van der Waals surface area contributed by atoms with E-state index >= 15 is 0 Å². The van der Waals surface area contributed by atoms with Crippen molar-refractivity contribution in [1.29, 1.82) is 0 Å². The van der Waals surface area contributed by atoms with Crippen molar-refractivity contribution in [3.8, 4) is 0 Å². The van der Waals surface area contributed by atoms with Crippen LogP contribution in [0.1, 0.15) is 10.4 Å². The molecule has 0 fully saturated rings. The number of nitrogens with zero attached hydrogens (tertiary/aromatic N) is 2. The summed E-state index contributed by atoms with van der Waals surface area (Å²) >= 11 is 0. The minimum absolute atomic E-state index is 0.226. The average Bonchev–Trinajstić information content (AvgIpc) is 2.76. The van der Waals surface area contributed by atoms with Crippen LogP contribution in [-0.2, 0) is 7.05 Å². The molecule has 0 saturated heterocycles. The largest absolute Gasteiger partial charge is 0.313 e. The number of amides is 1. The van der Waals surface area contributed by atoms with Crippen molar-refractivity contribution in [3.63, 3.8) is 0 Å². The number of carbonyl (C=O) groups excluding carboxylic acids is 1. The lowest BCUT2D eigenvalue weighted by molar-refractivity contribution is 0.101. The number of hydrogen-bond acceptors (Lipinski definition) is 2. The molecule has 0 saturated carbocycles. The monoisotopic (exact) mass is 287 g/mol. The highest BCUT2D eigenvalue weighted by Crippen LogP contribution is 2.19. The second-order valence-corrected chi connectivity index (χ2v) is 4.53. The molecule has 1 amide bonds. The molecule has 0 aliphatic heterocycles. The number of para-hydroxylation sites is 2. The summed E-state index contributed by atoms with van der Waals surface area (Å²) in [4.78, 5) is 16.3. The molecule has 3 aromatic rings. The maximum Gasteiger partial charge on any atom is 0.263 e. The maximum atomic E-state index is 13.6. The zero-order valence-electron chi connectivity index (χ0n) is 11.1. The molecule has 106 valence electrons. The molecule has 1 heterocycles. The topological polar surface area (TPSA) is 46.9 Å². The van der Waals surface area contributed by atoms with Crippen molar-refractivity contribution >= 4 is 22.9 Å². The molecule has 0 radical (unpaired) electrons. The van der Waals surface area contributed by atoms with E-state index in [-0.39, 0.29) is 5.95 Å². The van der Waals surface area contributed by atoms with E-state index in [2.05, 4.69) is 10.3 Å². The number of fused-ring (bicyclic) bond motifs is 1. The Morgan fingerprint density at radius 1 is 1.10 bits per heavy atom. The second-order valence-electron chi connectivity index (χ2n) is 4.53. The van der Waals surface area contributed by atoms with Gasteiger partial charge in [-0.15, -0.1) is 0 Å². The summed E-state index contributed by atoms with van der Waals surface area (Å²) in [6.45, 7) is 0. The number of anilines is 1. The summed E-state index contributed by atoms with van der Waals surface area (Å²) in [5.74, 6) is -2.47. The summed E-state index contributed by atoms with van der Waals surface area (Å²) in [6.07, 6.45) is 0. The summed E-state index contributed by atoms with van der Waals surface area (Å²) in [6, 6.07) is 10.6. The van der Waals surface area contributed by atoms with Crippen LogP contribution in [-0.4, -0.2) is 15.5 Å². The first-order chi connectivity index (χ1) is 10.1. The van der Waals surface area contributed by atoms with Gasteiger partial charge in [-0.05, 0) is 24.3 Å². The Balaban J connectivity index is 1.99. The highest BCUT2D eigenvalue weighted by Gasteiger charge is 2.19. The predicted octanol–water partition coefficient (Wildman–Crippen LogP) is 3.10. The molecule has 3 rings (SSSR count). The van der Waals surface area contributed by atoms with E-state index in [1.54, 1.807) is 17.7 Å². The highest BCUT2D eigenvalue weighted by atomic mass is 19.1. The van der Waals surface area contributed by atoms with Crippen molar-refractivity contribution in [2.24, 2.45) is 7.05 Å². The molecule has 1 N–H and O–H groups in total. The third-order valence-electron chi connectivity index (χ3n) is 3.20. The van der Waals surface area contributed by atoms with Crippen molar-refractivity contribution in [2.75, 3.05) is 5.32 Å². The molecule has 2 aromatic carbocycles. The third-order valence-corrected chi connectivity index (χ3v) is 3.20. The number of hydrogen-bond donors (Lipinski definition) is 1. The van der Waals surface area contributed by atoms with Gasteiger partial charge in [0.1, 0.15) is 17.2 Å². The lowest BCUT2D eigenvalue weighted by atomic mass is 10.2. The molecule has 0 spiro atoms. The van der Waals surface area contributed by atoms with Crippen molar-refractivity contribution < 1.29 is 13.6 Å². The van der Waals surface area contributed by atoms with Crippen LogP contribution in [0.3, 0.4) is 0 Å². The molecule has 4 nitrogen and oxygen atoms in total. The van der Waals surface area contributed by atoms with Crippen LogP contribution in [0.15, 0.2) is 42.5 Å². The van der Waals surface area contributed by atoms with Gasteiger partial charge in [-0.3, -0.25) is 10.1 Å². The first-order valence-corrected chi connectivity index (χ1v) is 6.25. The molecule has 1 aromatic heterocycles. The van der Waals surface area contributed by atoms with Crippen LogP contribution in [0.25, 0.3) is 11.0 Å². The zero-order chi connectivity index (χ0) is 15.0. The summed E-state index contributed by atoms with van der Waals surface area (Å²) in [7, 11) is 1.71. The first kappa shape index (κ1) is 13.2. The Morgan fingerprint density at radius 3 is 2.43 bits per heavy atom. The van der Waals surface area contributed by atoms with Crippen LogP contribution in [0.4, 0.5) is 14.7 Å². The van der Waals surface area contributed by atoms with E-state index in [0.29, 0.717) is 5.52 Å². The van der Waals surface area contributed by atoms with E-state index in [9.17, 15) is 13.6 Å². The molecule has 6 heteroatoms. The van der Waals surface area contributed by atoms with Gasteiger partial charge in [0.15, 0.2) is 0 Å². The lowest BCUT2D eigenvalue weighted by Crippen LogP contribution is -2.18. The van der Waals surface area contributed by atoms with Crippen LogP contribution in [0.2, 0.25) is 0 Å². The highest BCUT2D eigenvalue weighted by molar-refractivity contribution is 6.04. The van der Waals surface area contributed by atoms with Crippen molar-refractivity contribution in [2.45, 2.75) is 0 Å². The number of halogens is 2. The molecular formula is C15H11F2N3O. The van der Waals surface area contributed by atoms with Gasteiger partial charge in [0.25, 0.3) is 5.91 Å². The molecule has 21 heavy (non-hydrogen) atoms. The zero-order valence-corrected chi connectivity index (χ0v) is 11.1. The number of aromatic nitrogens is 2. The normalized spacial score (nSPS) is 10.8. The fourth-order valence-corrected chi connectivity index (χ4v) is 2.14. The fraction of sp³-hybridized carbons (Fsp3) is 0.0667. The molecule has 0 aliphatic rings. The fourth-order valence-electron chi connectivity index (χ4n) is 2.14. The van der Waals surface area contributed by atoms with E-state index in [4.69, 9.17) is 0 Å². The van der Waals surface area contributed by atoms with Gasteiger partial charge in [0, 0.05) is 7.05 Å². The predicted molar refractivity (Wildman–Crippen MR) is 75.0 cm³/mol. The average molecular weight is 287 g/mol. The lowest BCUT2D eigenvalue weighted by Gasteiger charge is -2.06. The summed E-state index contributed by atoms with van der Waals surface area (Å²) in [5, 5.41) is 2.43. The first-order valence-electron chi connectivity index (χ1n) is 6.25. The molecular weight excluding hydrogens is 276 g/mol. The standard InChI is InChI=1S/C15H11F2N3O/c1-20-12-8-3-2-7-11(12)18-15(20)19-14(21)13-9(16)5-4-6-10(13)17/h2-8H,1H3,(H,18,19,21). The van der Waals surface area contributed by atoms with Crippen LogP contribution < -0.4 is 5.32 Å². The second kappa shape index (κ2) is 4.97.